The molecule has 5 aliphatic rings. The van der Waals surface area contributed by atoms with Gasteiger partial charge in [-0.05, 0) is 51.4 Å². The van der Waals surface area contributed by atoms with Crippen LogP contribution in [0.25, 0.3) is 0 Å². The Morgan fingerprint density at radius 1 is 1.21 bits per heavy atom. The number of fused-ring (bicyclic) bond motifs is 3. The maximum absolute atomic E-state index is 13.8. The number of carbonyl (C=O) groups is 2. The Balaban J connectivity index is 1.27. The largest absolute Gasteiger partial charge is 0.391 e. The summed E-state index contributed by atoms with van der Waals surface area (Å²) >= 11 is 5.89. The quantitative estimate of drug-likeness (QED) is 0.386. The fraction of sp³-hybridized carbons (Fsp3) is 0.909. The van der Waals surface area contributed by atoms with E-state index in [0.29, 0.717) is 38.5 Å². The third-order valence-electron chi connectivity index (χ3n) is 8.11. The number of hydrazine groups is 1. The van der Waals surface area contributed by atoms with Gasteiger partial charge in [-0.25, -0.2) is 23.6 Å². The van der Waals surface area contributed by atoms with Gasteiger partial charge in [0, 0.05) is 19.0 Å². The van der Waals surface area contributed by atoms with Crippen LogP contribution in [-0.4, -0.2) is 88.9 Å². The molecule has 5 rings (SSSR count). The van der Waals surface area contributed by atoms with Crippen LogP contribution in [-0.2, 0) is 14.3 Å². The number of aliphatic hydroxyl groups excluding tert-OH is 1. The molecule has 12 heteroatoms. The highest BCUT2D eigenvalue weighted by Crippen LogP contribution is 2.47. The van der Waals surface area contributed by atoms with Gasteiger partial charge in [0.15, 0.2) is 0 Å². The van der Waals surface area contributed by atoms with Crippen LogP contribution in [0.4, 0.5) is 13.2 Å². The normalized spacial score (nSPS) is 42.7. The van der Waals surface area contributed by atoms with E-state index in [4.69, 9.17) is 16.3 Å². The van der Waals surface area contributed by atoms with Gasteiger partial charge in [-0.3, -0.25) is 9.59 Å². The first-order chi connectivity index (χ1) is 16.0. The van der Waals surface area contributed by atoms with Gasteiger partial charge in [0.25, 0.3) is 6.43 Å². The smallest absolute Gasteiger partial charge is 0.255 e. The van der Waals surface area contributed by atoms with E-state index in [1.165, 1.54) is 5.01 Å². The van der Waals surface area contributed by atoms with E-state index in [-0.39, 0.29) is 43.8 Å². The van der Waals surface area contributed by atoms with Gasteiger partial charge in [0.1, 0.15) is 18.8 Å². The molecule has 0 radical (unpaired) electrons. The number of hydrogen-bond acceptors (Lipinski definition) is 6. The van der Waals surface area contributed by atoms with E-state index < -0.39 is 47.2 Å². The Labute approximate surface area is 202 Å². The molecule has 6 unspecified atom stereocenters. The van der Waals surface area contributed by atoms with Crippen molar-refractivity contribution in [1.29, 1.82) is 0 Å². The van der Waals surface area contributed by atoms with Crippen LogP contribution in [0, 0.1) is 0 Å². The lowest BCUT2D eigenvalue weighted by atomic mass is 9.59. The highest BCUT2D eigenvalue weighted by Gasteiger charge is 2.56. The molecule has 34 heavy (non-hydrogen) atoms. The molecular weight excluding hydrogens is 477 g/mol. The molecule has 0 aromatic carbocycles. The molecule has 2 bridgehead atoms. The van der Waals surface area contributed by atoms with Crippen LogP contribution in [0.2, 0.25) is 0 Å². The Kier molecular flexibility index (Phi) is 7.69. The summed E-state index contributed by atoms with van der Waals surface area (Å²) in [6.45, 7) is -0.215. The second kappa shape index (κ2) is 10.1. The van der Waals surface area contributed by atoms with Crippen molar-refractivity contribution in [3.05, 3.63) is 0 Å². The van der Waals surface area contributed by atoms with E-state index in [0.717, 1.165) is 0 Å². The molecule has 8 nitrogen and oxygen atoms in total. The van der Waals surface area contributed by atoms with Crippen LogP contribution in [0.15, 0.2) is 0 Å². The summed E-state index contributed by atoms with van der Waals surface area (Å²) in [4.78, 5) is 25.4. The summed E-state index contributed by atoms with van der Waals surface area (Å²) < 4.78 is 45.4. The molecule has 4 saturated carbocycles. The average molecular weight is 511 g/mol. The maximum Gasteiger partial charge on any atom is 0.255 e. The van der Waals surface area contributed by atoms with Crippen molar-refractivity contribution < 1.29 is 32.6 Å². The monoisotopic (exact) mass is 510 g/mol. The predicted octanol–water partition coefficient (Wildman–Crippen LogP) is 1.39. The van der Waals surface area contributed by atoms with E-state index in [9.17, 15) is 27.9 Å². The second-order valence-corrected chi connectivity index (χ2v) is 11.0. The number of ether oxygens (including phenoxy) is 1. The lowest BCUT2D eigenvalue weighted by Gasteiger charge is -2.56. The Morgan fingerprint density at radius 2 is 1.91 bits per heavy atom. The number of nitrogens with one attached hydrogen (secondary N) is 3. The topological polar surface area (TPSA) is 103 Å². The summed E-state index contributed by atoms with van der Waals surface area (Å²) in [6, 6.07) is -1.78. The van der Waals surface area contributed by atoms with Crippen molar-refractivity contribution in [1.82, 2.24) is 21.1 Å². The summed E-state index contributed by atoms with van der Waals surface area (Å²) in [5.74, 6) is -0.701. The fourth-order valence-corrected chi connectivity index (χ4v) is 6.18. The lowest BCUT2D eigenvalue weighted by molar-refractivity contribution is -0.141. The predicted molar refractivity (Wildman–Crippen MR) is 118 cm³/mol. The number of hydrogen-bond donors (Lipinski definition) is 4. The number of amides is 2. The number of nitrogens with zero attached hydrogens (tertiary/aromatic N) is 1. The second-order valence-electron chi connectivity index (χ2n) is 10.4. The van der Waals surface area contributed by atoms with Crippen molar-refractivity contribution in [2.45, 2.75) is 111 Å². The zero-order valence-corrected chi connectivity index (χ0v) is 20.0. The Hall–Kier alpha value is -1.14. The van der Waals surface area contributed by atoms with Crippen LogP contribution >= 0.6 is 11.6 Å². The molecule has 4 N–H and O–H groups in total. The molecule has 1 saturated heterocycles. The minimum Gasteiger partial charge on any atom is -0.391 e. The van der Waals surface area contributed by atoms with Crippen molar-refractivity contribution in [3.8, 4) is 0 Å². The zero-order valence-electron chi connectivity index (χ0n) is 19.2. The highest BCUT2D eigenvalue weighted by atomic mass is 35.5. The standard InChI is InChI=1S/C22H34ClF3N4O4/c1-30-16(9-15(29-30)19(25)26)20(33)28-21-4-6-22(7-5-21,17(31)10-21)27-18(32)11-34-12-2-3-13(23)14(24)8-12/h12-17,19,29,31H,2-11H2,1H3,(H,27,32)(H,28,33). The number of halogens is 4. The first-order valence-electron chi connectivity index (χ1n) is 12.0. The van der Waals surface area contributed by atoms with Crippen molar-refractivity contribution in [3.63, 3.8) is 0 Å². The minimum atomic E-state index is -2.56. The van der Waals surface area contributed by atoms with E-state index in [1.54, 1.807) is 7.05 Å². The molecular formula is C22H34ClF3N4O4. The van der Waals surface area contributed by atoms with Gasteiger partial charge in [0.05, 0.1) is 29.2 Å². The van der Waals surface area contributed by atoms with Gasteiger partial charge in [0.2, 0.25) is 11.8 Å². The summed E-state index contributed by atoms with van der Waals surface area (Å²) in [7, 11) is 1.57. The lowest BCUT2D eigenvalue weighted by Crippen LogP contribution is -2.71. The number of aliphatic hydroxyl groups is 1. The van der Waals surface area contributed by atoms with Crippen LogP contribution in [0.1, 0.15) is 57.8 Å². The van der Waals surface area contributed by atoms with Crippen molar-refractivity contribution in [2.24, 2.45) is 0 Å². The molecule has 1 aliphatic heterocycles. The van der Waals surface area contributed by atoms with E-state index >= 15 is 0 Å². The average Bonchev–Trinajstić information content (AvgIpc) is 3.18. The molecule has 194 valence electrons. The van der Waals surface area contributed by atoms with E-state index in [1.807, 2.05) is 0 Å². The van der Waals surface area contributed by atoms with Gasteiger partial charge in [-0.1, -0.05) is 0 Å². The number of alkyl halides is 4. The summed E-state index contributed by atoms with van der Waals surface area (Å²) in [5, 5.41) is 17.8. The zero-order chi connectivity index (χ0) is 24.7. The van der Waals surface area contributed by atoms with Crippen LogP contribution in [0.3, 0.4) is 0 Å². The summed E-state index contributed by atoms with van der Waals surface area (Å²) in [6.07, 6.45) is -1.32. The third-order valence-corrected chi connectivity index (χ3v) is 8.61. The van der Waals surface area contributed by atoms with Gasteiger partial charge >= 0.3 is 0 Å². The van der Waals surface area contributed by atoms with E-state index in [2.05, 4.69) is 16.1 Å². The minimum absolute atomic E-state index is 0.00826. The number of likely N-dealkylation sites (N-methyl/N-ethyl adjacent to an activating group) is 1. The molecule has 0 aromatic heterocycles. The molecule has 4 aliphatic carbocycles. The maximum atomic E-state index is 13.8. The molecule has 0 spiro atoms. The van der Waals surface area contributed by atoms with Crippen LogP contribution < -0.4 is 16.1 Å². The first kappa shape index (κ1) is 25.9. The van der Waals surface area contributed by atoms with Crippen molar-refractivity contribution in [2.75, 3.05) is 13.7 Å². The van der Waals surface area contributed by atoms with Gasteiger partial charge in [-0.2, -0.15) is 0 Å². The molecule has 2 amide bonds. The highest BCUT2D eigenvalue weighted by molar-refractivity contribution is 6.21. The molecule has 0 aromatic rings. The molecule has 5 fully saturated rings. The number of carbonyl (C=O) groups excluding carboxylic acids is 2. The SMILES string of the molecule is CN1NC(C(F)F)CC1C(=O)NC12CCC(NC(=O)COC3CCC(Cl)C(F)C3)(CC1)C(O)C2. The molecule has 6 atom stereocenters. The summed E-state index contributed by atoms with van der Waals surface area (Å²) in [5.41, 5.74) is 1.20. The van der Waals surface area contributed by atoms with Crippen molar-refractivity contribution >= 4 is 23.4 Å². The third kappa shape index (κ3) is 5.33. The van der Waals surface area contributed by atoms with Gasteiger partial charge in [-0.15, -0.1) is 11.6 Å². The Bertz CT molecular complexity index is 770. The van der Waals surface area contributed by atoms with Crippen LogP contribution in [0.5, 0.6) is 0 Å². The first-order valence-corrected chi connectivity index (χ1v) is 12.4. The molecule has 1 heterocycles. The fourth-order valence-electron chi connectivity index (χ4n) is 5.95. The number of rotatable bonds is 7. The Morgan fingerprint density at radius 3 is 2.50 bits per heavy atom. The van der Waals surface area contributed by atoms with Gasteiger partial charge < -0.3 is 20.5 Å².